The molecule has 0 aromatic carbocycles. The van der Waals surface area contributed by atoms with E-state index in [2.05, 4.69) is 10.1 Å². The zero-order valence-corrected chi connectivity index (χ0v) is 16.2. The largest absolute Gasteiger partial charge is 0.484 e. The third-order valence-electron chi connectivity index (χ3n) is 5.77. The Balaban J connectivity index is 1.37. The summed E-state index contributed by atoms with van der Waals surface area (Å²) < 4.78 is 33.6. The van der Waals surface area contributed by atoms with Crippen molar-refractivity contribution in [2.75, 3.05) is 13.1 Å². The van der Waals surface area contributed by atoms with Gasteiger partial charge in [0, 0.05) is 31.3 Å². The molecule has 0 radical (unpaired) electrons. The van der Waals surface area contributed by atoms with Gasteiger partial charge in [0.2, 0.25) is 0 Å². The van der Waals surface area contributed by atoms with Gasteiger partial charge in [0.05, 0.1) is 19.1 Å². The van der Waals surface area contributed by atoms with Crippen LogP contribution in [0.3, 0.4) is 0 Å². The number of ether oxygens (including phenoxy) is 1. The van der Waals surface area contributed by atoms with Gasteiger partial charge in [0.15, 0.2) is 0 Å². The monoisotopic (exact) mass is 403 g/mol. The van der Waals surface area contributed by atoms with Crippen molar-refractivity contribution in [2.45, 2.75) is 56.6 Å². The summed E-state index contributed by atoms with van der Waals surface area (Å²) in [5, 5.41) is 14.5. The number of nitrogens with zero attached hydrogens (tertiary/aromatic N) is 5. The molecule has 4 rings (SSSR count). The van der Waals surface area contributed by atoms with Crippen LogP contribution in [0.5, 0.6) is 5.75 Å². The number of carbonyl (C=O) groups is 1. The molecule has 9 heteroatoms. The standard InChI is InChI=1S/C20H23F2N5O2/c1-20(29-17-2-4-24-16(9-17)10-23)11-26(12-20)19(28)27-18(3-5-25-27)13-6-14(21)8-15(22)7-13/h2,4-5,9,13-15,18H,3,6-8,11-12H2,1H3/t13?,14?,15?,18-/m0/s1. The molecule has 1 aromatic rings. The lowest BCUT2D eigenvalue weighted by molar-refractivity contribution is -0.0506. The molecule has 3 atom stereocenters. The molecule has 2 aliphatic heterocycles. The normalized spacial score (nSPS) is 30.6. The zero-order valence-electron chi connectivity index (χ0n) is 16.2. The summed E-state index contributed by atoms with van der Waals surface area (Å²) in [7, 11) is 0. The Morgan fingerprint density at radius 3 is 2.72 bits per heavy atom. The number of hydrogen-bond acceptors (Lipinski definition) is 5. The summed E-state index contributed by atoms with van der Waals surface area (Å²) in [4.78, 5) is 18.5. The molecule has 1 aliphatic carbocycles. The maximum Gasteiger partial charge on any atom is 0.340 e. The summed E-state index contributed by atoms with van der Waals surface area (Å²) in [5.41, 5.74) is -0.320. The molecular weight excluding hydrogens is 380 g/mol. The van der Waals surface area contributed by atoms with E-state index in [0.29, 0.717) is 25.3 Å². The number of pyridine rings is 1. The Hall–Kier alpha value is -2.76. The molecule has 0 spiro atoms. The van der Waals surface area contributed by atoms with E-state index < -0.39 is 17.9 Å². The molecule has 2 amide bonds. The van der Waals surface area contributed by atoms with Crippen LogP contribution in [-0.2, 0) is 0 Å². The van der Waals surface area contributed by atoms with Crippen molar-refractivity contribution in [1.82, 2.24) is 14.9 Å². The molecule has 2 fully saturated rings. The van der Waals surface area contributed by atoms with Crippen molar-refractivity contribution >= 4 is 12.2 Å². The second-order valence-corrected chi connectivity index (χ2v) is 8.29. The molecular formula is C20H23F2N5O2. The van der Waals surface area contributed by atoms with Gasteiger partial charge in [-0.15, -0.1) is 0 Å². The van der Waals surface area contributed by atoms with Gasteiger partial charge in [-0.2, -0.15) is 10.4 Å². The van der Waals surface area contributed by atoms with Crippen LogP contribution in [0.25, 0.3) is 0 Å². The fraction of sp³-hybridized carbons (Fsp3) is 0.600. The molecule has 1 aromatic heterocycles. The second-order valence-electron chi connectivity index (χ2n) is 8.29. The fourth-order valence-electron chi connectivity index (χ4n) is 4.48. The minimum Gasteiger partial charge on any atom is -0.484 e. The highest BCUT2D eigenvalue weighted by molar-refractivity contribution is 5.79. The highest BCUT2D eigenvalue weighted by Gasteiger charge is 2.48. The Bertz CT molecular complexity index is 842. The van der Waals surface area contributed by atoms with Crippen molar-refractivity contribution in [2.24, 2.45) is 11.0 Å². The van der Waals surface area contributed by atoms with E-state index >= 15 is 0 Å². The Morgan fingerprint density at radius 1 is 1.31 bits per heavy atom. The SMILES string of the molecule is CC1(Oc2ccnc(C#N)c2)CN(C(=O)N2N=CC[C@H]2C2CC(F)CC(F)C2)C1. The number of amides is 2. The third kappa shape index (κ3) is 4.02. The van der Waals surface area contributed by atoms with Crippen molar-refractivity contribution in [3.63, 3.8) is 0 Å². The van der Waals surface area contributed by atoms with E-state index in [1.807, 2.05) is 13.0 Å². The maximum absolute atomic E-state index is 13.8. The second kappa shape index (κ2) is 7.58. The zero-order chi connectivity index (χ0) is 20.6. The summed E-state index contributed by atoms with van der Waals surface area (Å²) in [6.07, 6.45) is 1.82. The average molecular weight is 403 g/mol. The Morgan fingerprint density at radius 2 is 2.03 bits per heavy atom. The first-order valence-electron chi connectivity index (χ1n) is 9.81. The number of hydrazone groups is 1. The minimum atomic E-state index is -1.17. The van der Waals surface area contributed by atoms with Crippen molar-refractivity contribution < 1.29 is 18.3 Å². The molecule has 7 nitrogen and oxygen atoms in total. The molecule has 3 aliphatic rings. The molecule has 0 N–H and O–H groups in total. The predicted molar refractivity (Wildman–Crippen MR) is 101 cm³/mol. The summed E-state index contributed by atoms with van der Waals surface area (Å²) >= 11 is 0. The quantitative estimate of drug-likeness (QED) is 0.777. The highest BCUT2D eigenvalue weighted by atomic mass is 19.1. The molecule has 154 valence electrons. The van der Waals surface area contributed by atoms with Crippen LogP contribution in [0.4, 0.5) is 13.6 Å². The molecule has 3 heterocycles. The molecule has 2 unspecified atom stereocenters. The smallest absolute Gasteiger partial charge is 0.340 e. The first kappa shape index (κ1) is 19.6. The maximum atomic E-state index is 13.8. The fourth-order valence-corrected chi connectivity index (χ4v) is 4.48. The Labute approximate surface area is 167 Å². The van der Waals surface area contributed by atoms with Gasteiger partial charge in [0.1, 0.15) is 35.5 Å². The van der Waals surface area contributed by atoms with Crippen LogP contribution in [0.2, 0.25) is 0 Å². The van der Waals surface area contributed by atoms with Gasteiger partial charge < -0.3 is 9.64 Å². The van der Waals surface area contributed by atoms with Crippen LogP contribution in [0.15, 0.2) is 23.4 Å². The average Bonchev–Trinajstić information content (AvgIpc) is 3.14. The molecule has 0 bridgehead atoms. The number of nitriles is 1. The van der Waals surface area contributed by atoms with Crippen molar-refractivity contribution in [3.05, 3.63) is 24.0 Å². The van der Waals surface area contributed by atoms with E-state index in [4.69, 9.17) is 10.00 Å². The predicted octanol–water partition coefficient (Wildman–Crippen LogP) is 3.06. The van der Waals surface area contributed by atoms with Crippen molar-refractivity contribution in [1.29, 1.82) is 5.26 Å². The van der Waals surface area contributed by atoms with Crippen LogP contribution in [-0.4, -0.2) is 64.2 Å². The lowest BCUT2D eigenvalue weighted by Crippen LogP contribution is -2.67. The van der Waals surface area contributed by atoms with Gasteiger partial charge in [0.25, 0.3) is 0 Å². The van der Waals surface area contributed by atoms with Crippen molar-refractivity contribution in [3.8, 4) is 11.8 Å². The lowest BCUT2D eigenvalue weighted by atomic mass is 9.81. The van der Waals surface area contributed by atoms with E-state index in [0.717, 1.165) is 0 Å². The number of aromatic nitrogens is 1. The number of urea groups is 1. The highest BCUT2D eigenvalue weighted by Crippen LogP contribution is 2.37. The van der Waals surface area contributed by atoms with Crippen LogP contribution in [0.1, 0.15) is 38.3 Å². The van der Waals surface area contributed by atoms with E-state index in [1.165, 1.54) is 11.2 Å². The number of halogens is 2. The number of alkyl halides is 2. The van der Waals surface area contributed by atoms with Gasteiger partial charge >= 0.3 is 6.03 Å². The summed E-state index contributed by atoms with van der Waals surface area (Å²) in [5.74, 6) is 0.290. The van der Waals surface area contributed by atoms with Gasteiger partial charge in [-0.05, 0) is 31.7 Å². The van der Waals surface area contributed by atoms with Crippen LogP contribution in [0, 0.1) is 17.2 Å². The first-order valence-corrected chi connectivity index (χ1v) is 9.81. The van der Waals surface area contributed by atoms with E-state index in [1.54, 1.807) is 23.2 Å². The van der Waals surface area contributed by atoms with Gasteiger partial charge in [-0.1, -0.05) is 0 Å². The third-order valence-corrected chi connectivity index (χ3v) is 5.77. The lowest BCUT2D eigenvalue weighted by Gasteiger charge is -2.48. The molecule has 29 heavy (non-hydrogen) atoms. The number of likely N-dealkylation sites (tertiary alicyclic amines) is 1. The molecule has 1 saturated heterocycles. The van der Waals surface area contributed by atoms with Crippen LogP contribution < -0.4 is 4.74 Å². The summed E-state index contributed by atoms with van der Waals surface area (Å²) in [6, 6.07) is 4.62. The summed E-state index contributed by atoms with van der Waals surface area (Å²) in [6.45, 7) is 2.60. The van der Waals surface area contributed by atoms with Crippen LogP contribution >= 0.6 is 0 Å². The van der Waals surface area contributed by atoms with E-state index in [-0.39, 0.29) is 42.9 Å². The Kier molecular flexibility index (Phi) is 5.11. The topological polar surface area (TPSA) is 81.8 Å². The number of rotatable bonds is 3. The first-order chi connectivity index (χ1) is 13.9. The minimum absolute atomic E-state index is 0.0532. The molecule has 1 saturated carbocycles. The van der Waals surface area contributed by atoms with Gasteiger partial charge in [-0.3, -0.25) is 0 Å². The number of hydrogen-bond donors (Lipinski definition) is 0. The van der Waals surface area contributed by atoms with E-state index in [9.17, 15) is 13.6 Å². The van der Waals surface area contributed by atoms with Gasteiger partial charge in [-0.25, -0.2) is 23.6 Å². The number of carbonyl (C=O) groups excluding carboxylic acids is 1.